The van der Waals surface area contributed by atoms with E-state index in [-0.39, 0.29) is 0 Å². The van der Waals surface area contributed by atoms with Gasteiger partial charge in [-0.15, -0.1) is 0 Å². The lowest BCUT2D eigenvalue weighted by molar-refractivity contribution is 0.278. The molecule has 1 atom stereocenters. The number of imidazole rings is 1. The molecule has 1 saturated heterocycles. The van der Waals surface area contributed by atoms with Gasteiger partial charge in [-0.25, -0.2) is 9.71 Å². The van der Waals surface area contributed by atoms with Crippen LogP contribution < -0.4 is 4.72 Å². The topological polar surface area (TPSA) is 78.1 Å². The SMILES string of the molecule is CC1CCCN(S(=O)(=O)NCCc2ncc[nH]2)C1. The smallest absolute Gasteiger partial charge is 0.279 e. The molecule has 6 nitrogen and oxygen atoms in total. The lowest BCUT2D eigenvalue weighted by Crippen LogP contribution is -2.46. The summed E-state index contributed by atoms with van der Waals surface area (Å²) in [6, 6.07) is 0. The molecule has 1 aliphatic heterocycles. The zero-order chi connectivity index (χ0) is 13.0. The third kappa shape index (κ3) is 3.54. The standard InChI is InChI=1S/C11H20N4O2S/c1-10-3-2-8-15(9-10)18(16,17)14-5-4-11-12-6-7-13-11/h6-7,10,14H,2-5,8-9H2,1H3,(H,12,13). The predicted molar refractivity (Wildman–Crippen MR) is 69.2 cm³/mol. The van der Waals surface area contributed by atoms with E-state index >= 15 is 0 Å². The molecule has 0 spiro atoms. The van der Waals surface area contributed by atoms with Crippen molar-refractivity contribution < 1.29 is 8.42 Å². The summed E-state index contributed by atoms with van der Waals surface area (Å²) in [6.45, 7) is 3.71. The number of hydrogen-bond acceptors (Lipinski definition) is 3. The van der Waals surface area contributed by atoms with Crippen molar-refractivity contribution in [2.45, 2.75) is 26.2 Å². The summed E-state index contributed by atoms with van der Waals surface area (Å²) in [5.74, 6) is 1.24. The second-order valence-electron chi connectivity index (χ2n) is 4.79. The van der Waals surface area contributed by atoms with Gasteiger partial charge in [0.25, 0.3) is 10.2 Å². The second kappa shape index (κ2) is 5.81. The molecule has 1 unspecified atom stereocenters. The Bertz CT molecular complexity index is 457. The Morgan fingerprint density at radius 1 is 1.61 bits per heavy atom. The van der Waals surface area contributed by atoms with Crippen molar-refractivity contribution in [1.29, 1.82) is 0 Å². The maximum atomic E-state index is 12.0. The van der Waals surface area contributed by atoms with Crippen LogP contribution in [0.15, 0.2) is 12.4 Å². The van der Waals surface area contributed by atoms with E-state index in [0.717, 1.165) is 18.7 Å². The molecule has 1 fully saturated rings. The van der Waals surface area contributed by atoms with Gasteiger partial charge in [-0.1, -0.05) is 6.92 Å². The summed E-state index contributed by atoms with van der Waals surface area (Å²) in [7, 11) is -3.33. The Balaban J connectivity index is 1.83. The molecule has 0 aliphatic carbocycles. The third-order valence-corrected chi connectivity index (χ3v) is 4.74. The summed E-state index contributed by atoms with van der Waals surface area (Å²) in [5, 5.41) is 0. The fraction of sp³-hybridized carbons (Fsp3) is 0.727. The summed E-state index contributed by atoms with van der Waals surface area (Å²) in [4.78, 5) is 7.01. The zero-order valence-corrected chi connectivity index (χ0v) is 11.4. The van der Waals surface area contributed by atoms with Crippen LogP contribution in [0, 0.1) is 5.92 Å². The van der Waals surface area contributed by atoms with Crippen LogP contribution in [0.3, 0.4) is 0 Å². The monoisotopic (exact) mass is 272 g/mol. The van der Waals surface area contributed by atoms with Gasteiger partial charge >= 0.3 is 0 Å². The summed E-state index contributed by atoms with van der Waals surface area (Å²) < 4.78 is 28.3. The summed E-state index contributed by atoms with van der Waals surface area (Å²) in [6.07, 6.45) is 6.03. The highest BCUT2D eigenvalue weighted by Gasteiger charge is 2.26. The lowest BCUT2D eigenvalue weighted by Gasteiger charge is -2.29. The lowest BCUT2D eigenvalue weighted by atomic mass is 10.0. The Morgan fingerprint density at radius 2 is 2.44 bits per heavy atom. The Hall–Kier alpha value is -0.920. The zero-order valence-electron chi connectivity index (χ0n) is 10.6. The van der Waals surface area contributed by atoms with Gasteiger partial charge in [-0.2, -0.15) is 12.7 Å². The van der Waals surface area contributed by atoms with Crippen molar-refractivity contribution in [1.82, 2.24) is 19.0 Å². The van der Waals surface area contributed by atoms with Crippen molar-refractivity contribution in [2.24, 2.45) is 5.92 Å². The molecule has 0 saturated carbocycles. The van der Waals surface area contributed by atoms with E-state index in [4.69, 9.17) is 0 Å². The van der Waals surface area contributed by atoms with Gasteiger partial charge in [-0.05, 0) is 18.8 Å². The molecule has 1 aromatic rings. The van der Waals surface area contributed by atoms with Crippen LogP contribution in [0.4, 0.5) is 0 Å². The first-order valence-electron chi connectivity index (χ1n) is 6.31. The molecule has 7 heteroatoms. The van der Waals surface area contributed by atoms with Gasteiger partial charge in [0.15, 0.2) is 0 Å². The van der Waals surface area contributed by atoms with Crippen molar-refractivity contribution in [3.8, 4) is 0 Å². The van der Waals surface area contributed by atoms with Gasteiger partial charge in [0.1, 0.15) is 5.82 Å². The number of rotatable bonds is 5. The third-order valence-electron chi connectivity index (χ3n) is 3.16. The van der Waals surface area contributed by atoms with Crippen LogP contribution in [0.2, 0.25) is 0 Å². The molecule has 2 N–H and O–H groups in total. The van der Waals surface area contributed by atoms with Crippen molar-refractivity contribution in [2.75, 3.05) is 19.6 Å². The normalized spacial score (nSPS) is 22.2. The fourth-order valence-corrected chi connectivity index (χ4v) is 3.55. The Labute approximate surface area is 108 Å². The number of aromatic amines is 1. The number of piperidine rings is 1. The molecule has 2 rings (SSSR count). The Kier molecular flexibility index (Phi) is 4.36. The fourth-order valence-electron chi connectivity index (χ4n) is 2.19. The number of nitrogens with one attached hydrogen (secondary N) is 2. The Morgan fingerprint density at radius 3 is 3.11 bits per heavy atom. The number of aromatic nitrogens is 2. The molecule has 1 aliphatic rings. The van der Waals surface area contributed by atoms with E-state index in [9.17, 15) is 8.42 Å². The van der Waals surface area contributed by atoms with E-state index < -0.39 is 10.2 Å². The maximum absolute atomic E-state index is 12.0. The number of H-pyrrole nitrogens is 1. The van der Waals surface area contributed by atoms with Crippen LogP contribution in [0.25, 0.3) is 0 Å². The summed E-state index contributed by atoms with van der Waals surface area (Å²) in [5.41, 5.74) is 0. The van der Waals surface area contributed by atoms with Gasteiger partial charge in [-0.3, -0.25) is 0 Å². The molecule has 102 valence electrons. The average molecular weight is 272 g/mol. The molecule has 1 aromatic heterocycles. The number of nitrogens with zero attached hydrogens (tertiary/aromatic N) is 2. The summed E-state index contributed by atoms with van der Waals surface area (Å²) >= 11 is 0. The first-order chi connectivity index (χ1) is 8.58. The minimum atomic E-state index is -3.33. The van der Waals surface area contributed by atoms with Crippen LogP contribution in [0.5, 0.6) is 0 Å². The highest BCUT2D eigenvalue weighted by molar-refractivity contribution is 7.87. The highest BCUT2D eigenvalue weighted by Crippen LogP contribution is 2.17. The van der Waals surface area contributed by atoms with E-state index in [1.54, 1.807) is 16.7 Å². The van der Waals surface area contributed by atoms with Crippen LogP contribution in [0.1, 0.15) is 25.6 Å². The molecule has 0 radical (unpaired) electrons. The molecular weight excluding hydrogens is 252 g/mol. The van der Waals surface area contributed by atoms with E-state index in [0.29, 0.717) is 32.0 Å². The number of hydrogen-bond donors (Lipinski definition) is 2. The first kappa shape index (κ1) is 13.5. The molecule has 18 heavy (non-hydrogen) atoms. The van der Waals surface area contributed by atoms with Crippen molar-refractivity contribution in [3.05, 3.63) is 18.2 Å². The van der Waals surface area contributed by atoms with E-state index in [1.807, 2.05) is 0 Å². The van der Waals surface area contributed by atoms with Crippen LogP contribution >= 0.6 is 0 Å². The van der Waals surface area contributed by atoms with Gasteiger partial charge in [0.2, 0.25) is 0 Å². The van der Waals surface area contributed by atoms with Crippen LogP contribution in [-0.2, 0) is 16.6 Å². The minimum Gasteiger partial charge on any atom is -0.349 e. The molecule has 2 heterocycles. The van der Waals surface area contributed by atoms with Crippen molar-refractivity contribution in [3.63, 3.8) is 0 Å². The van der Waals surface area contributed by atoms with E-state index in [2.05, 4.69) is 21.6 Å². The second-order valence-corrected chi connectivity index (χ2v) is 6.55. The average Bonchev–Trinajstić information content (AvgIpc) is 2.82. The largest absolute Gasteiger partial charge is 0.349 e. The van der Waals surface area contributed by atoms with Gasteiger partial charge in [0, 0.05) is 38.4 Å². The molecule has 0 bridgehead atoms. The molecular formula is C11H20N4O2S. The van der Waals surface area contributed by atoms with E-state index in [1.165, 1.54) is 0 Å². The minimum absolute atomic E-state index is 0.376. The molecule has 0 aromatic carbocycles. The highest BCUT2D eigenvalue weighted by atomic mass is 32.2. The quantitative estimate of drug-likeness (QED) is 0.820. The van der Waals surface area contributed by atoms with Crippen LogP contribution in [-0.4, -0.2) is 42.3 Å². The maximum Gasteiger partial charge on any atom is 0.279 e. The first-order valence-corrected chi connectivity index (χ1v) is 7.75. The van der Waals surface area contributed by atoms with Crippen molar-refractivity contribution >= 4 is 10.2 Å². The predicted octanol–water partition coefficient (Wildman–Crippen LogP) is 0.518. The molecule has 0 amide bonds. The van der Waals surface area contributed by atoms with Gasteiger partial charge < -0.3 is 4.98 Å². The van der Waals surface area contributed by atoms with Gasteiger partial charge in [0.05, 0.1) is 0 Å².